The molecule has 40 heavy (non-hydrogen) atoms. The van der Waals surface area contributed by atoms with Crippen molar-refractivity contribution in [2.75, 3.05) is 13.2 Å². The molecule has 1 unspecified atom stereocenters. The molecular weight excluding hydrogens is 502 g/mol. The van der Waals surface area contributed by atoms with E-state index in [1.165, 1.54) is 0 Å². The van der Waals surface area contributed by atoms with Gasteiger partial charge >= 0.3 is 0 Å². The fourth-order valence-corrected chi connectivity index (χ4v) is 5.45. The number of nitrogens with zero attached hydrogens (tertiary/aromatic N) is 2. The molecule has 0 radical (unpaired) electrons. The number of amides is 1. The van der Waals surface area contributed by atoms with Crippen LogP contribution < -0.4 is 9.47 Å². The minimum atomic E-state index is -0.440. The van der Waals surface area contributed by atoms with Crippen LogP contribution in [0.4, 0.5) is 0 Å². The van der Waals surface area contributed by atoms with Crippen molar-refractivity contribution in [2.45, 2.75) is 59.5 Å². The van der Waals surface area contributed by atoms with E-state index in [1.807, 2.05) is 86.3 Å². The van der Waals surface area contributed by atoms with Gasteiger partial charge in [0.15, 0.2) is 11.5 Å². The van der Waals surface area contributed by atoms with Crippen LogP contribution >= 0.6 is 0 Å². The third-order valence-electron chi connectivity index (χ3n) is 7.35. The largest absolute Gasteiger partial charge is 0.507 e. The number of hydrogen-bond donors (Lipinski definition) is 2. The van der Waals surface area contributed by atoms with Crippen molar-refractivity contribution < 1.29 is 19.4 Å². The van der Waals surface area contributed by atoms with Gasteiger partial charge in [-0.1, -0.05) is 62.2 Å². The average Bonchev–Trinajstić information content (AvgIpc) is 3.49. The van der Waals surface area contributed by atoms with Gasteiger partial charge in [-0.2, -0.15) is 5.10 Å². The lowest BCUT2D eigenvalue weighted by Crippen LogP contribution is -2.29. The monoisotopic (exact) mass is 539 g/mol. The Bertz CT molecular complexity index is 1500. The van der Waals surface area contributed by atoms with Crippen LogP contribution in [0.15, 0.2) is 60.7 Å². The van der Waals surface area contributed by atoms with Crippen molar-refractivity contribution in [1.29, 1.82) is 0 Å². The third kappa shape index (κ3) is 5.28. The maximum absolute atomic E-state index is 13.9. The van der Waals surface area contributed by atoms with Crippen LogP contribution in [0, 0.1) is 13.8 Å². The average molecular weight is 540 g/mol. The molecule has 7 heteroatoms. The van der Waals surface area contributed by atoms with Crippen LogP contribution in [0.3, 0.4) is 0 Å². The second-order valence-corrected chi connectivity index (χ2v) is 10.4. The van der Waals surface area contributed by atoms with Crippen LogP contribution in [0.2, 0.25) is 0 Å². The molecule has 0 spiro atoms. The number of rotatable bonds is 11. The minimum Gasteiger partial charge on any atom is -0.507 e. The predicted octanol–water partition coefficient (Wildman–Crippen LogP) is 7.11. The fraction of sp³-hybridized carbons (Fsp3) is 0.333. The van der Waals surface area contributed by atoms with E-state index >= 15 is 0 Å². The Balaban J connectivity index is 1.62. The van der Waals surface area contributed by atoms with E-state index in [-0.39, 0.29) is 11.7 Å². The molecule has 7 nitrogen and oxygen atoms in total. The topological polar surface area (TPSA) is 87.7 Å². The van der Waals surface area contributed by atoms with Crippen LogP contribution in [-0.4, -0.2) is 39.3 Å². The Morgan fingerprint density at radius 3 is 2.52 bits per heavy atom. The van der Waals surface area contributed by atoms with Crippen LogP contribution in [0.25, 0.3) is 11.3 Å². The van der Waals surface area contributed by atoms with Gasteiger partial charge in [-0.05, 0) is 67.6 Å². The smallest absolute Gasteiger partial charge is 0.273 e. The maximum Gasteiger partial charge on any atom is 0.273 e. The van der Waals surface area contributed by atoms with Crippen LogP contribution in [0.5, 0.6) is 17.2 Å². The Hall–Kier alpha value is -4.26. The molecule has 3 aromatic carbocycles. The van der Waals surface area contributed by atoms with E-state index in [4.69, 9.17) is 9.47 Å². The van der Waals surface area contributed by atoms with Crippen molar-refractivity contribution in [1.82, 2.24) is 15.1 Å². The van der Waals surface area contributed by atoms with E-state index in [2.05, 4.69) is 17.1 Å². The molecule has 0 bridgehead atoms. The van der Waals surface area contributed by atoms with E-state index in [9.17, 15) is 9.90 Å². The molecule has 1 amide bonds. The first kappa shape index (κ1) is 27.3. The van der Waals surface area contributed by atoms with Gasteiger partial charge in [0.25, 0.3) is 5.91 Å². The number of ether oxygens (including phenoxy) is 2. The van der Waals surface area contributed by atoms with Gasteiger partial charge in [0, 0.05) is 17.7 Å². The zero-order valence-electron chi connectivity index (χ0n) is 23.7. The zero-order valence-corrected chi connectivity index (χ0v) is 23.7. The number of benzene rings is 3. The summed E-state index contributed by atoms with van der Waals surface area (Å²) in [5.74, 6) is 1.37. The standard InChI is InChI=1S/C33H37N3O4/c1-5-7-11-16-40-26-15-14-24(19-27(26)39-6-2)31-28-29(25-18-21(3)17-22(4)32(25)37)34-35-30(28)33(38)36(31)20-23-12-9-8-10-13-23/h8-10,12-15,17-19,31,37H,5-7,11,16,20H2,1-4H3,(H,34,35). The van der Waals surface area contributed by atoms with Crippen LogP contribution in [-0.2, 0) is 6.54 Å². The summed E-state index contributed by atoms with van der Waals surface area (Å²) in [6.45, 7) is 9.51. The Kier molecular flexibility index (Phi) is 8.10. The van der Waals surface area contributed by atoms with Gasteiger partial charge in [0.2, 0.25) is 0 Å². The number of nitrogens with one attached hydrogen (secondary N) is 1. The van der Waals surface area contributed by atoms with Crippen molar-refractivity contribution in [3.8, 4) is 28.5 Å². The van der Waals surface area contributed by atoms with Gasteiger partial charge in [-0.25, -0.2) is 0 Å². The van der Waals surface area contributed by atoms with Gasteiger partial charge in [-0.3, -0.25) is 9.89 Å². The summed E-state index contributed by atoms with van der Waals surface area (Å²) in [6, 6.07) is 19.3. The number of carbonyl (C=O) groups is 1. The van der Waals surface area contributed by atoms with Crippen molar-refractivity contribution in [3.63, 3.8) is 0 Å². The highest BCUT2D eigenvalue weighted by Gasteiger charge is 2.43. The number of aromatic amines is 1. The summed E-state index contributed by atoms with van der Waals surface area (Å²) >= 11 is 0. The predicted molar refractivity (Wildman–Crippen MR) is 156 cm³/mol. The molecular formula is C33H37N3O4. The lowest BCUT2D eigenvalue weighted by Gasteiger charge is -2.27. The Morgan fingerprint density at radius 2 is 1.77 bits per heavy atom. The number of unbranched alkanes of at least 4 members (excludes halogenated alkanes) is 2. The molecule has 4 aromatic rings. The maximum atomic E-state index is 13.9. The molecule has 5 rings (SSSR count). The number of phenols is 1. The lowest BCUT2D eigenvalue weighted by molar-refractivity contribution is 0.0729. The molecule has 1 aliphatic rings. The summed E-state index contributed by atoms with van der Waals surface area (Å²) in [5.41, 5.74) is 6.05. The van der Waals surface area contributed by atoms with Crippen molar-refractivity contribution in [3.05, 3.63) is 94.2 Å². The summed E-state index contributed by atoms with van der Waals surface area (Å²) in [6.07, 6.45) is 3.21. The second kappa shape index (κ2) is 11.9. The summed E-state index contributed by atoms with van der Waals surface area (Å²) in [5, 5.41) is 18.6. The highest BCUT2D eigenvalue weighted by molar-refractivity contribution is 6.00. The first-order valence-electron chi connectivity index (χ1n) is 14.1. The van der Waals surface area contributed by atoms with Gasteiger partial charge in [0.05, 0.1) is 19.3 Å². The van der Waals surface area contributed by atoms with Gasteiger partial charge < -0.3 is 19.5 Å². The molecule has 2 N–H and O–H groups in total. The first-order chi connectivity index (χ1) is 19.4. The molecule has 0 fully saturated rings. The number of aromatic nitrogens is 2. The second-order valence-electron chi connectivity index (χ2n) is 10.4. The lowest BCUT2D eigenvalue weighted by atomic mass is 9.93. The number of hydrogen-bond acceptors (Lipinski definition) is 5. The number of fused-ring (bicyclic) bond motifs is 1. The molecule has 1 aromatic heterocycles. The highest BCUT2D eigenvalue weighted by Crippen LogP contribution is 2.47. The zero-order chi connectivity index (χ0) is 28.2. The molecule has 208 valence electrons. The number of carbonyl (C=O) groups excluding carboxylic acids is 1. The third-order valence-corrected chi connectivity index (χ3v) is 7.35. The van der Waals surface area contributed by atoms with Crippen molar-refractivity contribution in [2.24, 2.45) is 0 Å². The Morgan fingerprint density at radius 1 is 0.975 bits per heavy atom. The first-order valence-corrected chi connectivity index (χ1v) is 14.1. The highest BCUT2D eigenvalue weighted by atomic mass is 16.5. The minimum absolute atomic E-state index is 0.135. The fourth-order valence-electron chi connectivity index (χ4n) is 5.45. The number of H-pyrrole nitrogens is 1. The molecule has 0 saturated heterocycles. The summed E-state index contributed by atoms with van der Waals surface area (Å²) in [7, 11) is 0. The molecule has 0 saturated carbocycles. The molecule has 0 aliphatic carbocycles. The van der Waals surface area contributed by atoms with Crippen LogP contribution in [0.1, 0.15) is 77.5 Å². The quantitative estimate of drug-likeness (QED) is 0.198. The molecule has 1 aliphatic heterocycles. The van der Waals surface area contributed by atoms with E-state index in [0.717, 1.165) is 47.1 Å². The summed E-state index contributed by atoms with van der Waals surface area (Å²) < 4.78 is 12.1. The van der Waals surface area contributed by atoms with E-state index in [0.29, 0.717) is 48.2 Å². The van der Waals surface area contributed by atoms with Gasteiger partial charge in [-0.15, -0.1) is 0 Å². The normalized spacial score (nSPS) is 14.4. The number of aryl methyl sites for hydroxylation is 2. The van der Waals surface area contributed by atoms with Crippen molar-refractivity contribution >= 4 is 5.91 Å². The number of aromatic hydroxyl groups is 1. The van der Waals surface area contributed by atoms with E-state index < -0.39 is 6.04 Å². The summed E-state index contributed by atoms with van der Waals surface area (Å²) in [4.78, 5) is 15.7. The van der Waals surface area contributed by atoms with Gasteiger partial charge in [0.1, 0.15) is 17.1 Å². The molecule has 1 atom stereocenters. The molecule has 2 heterocycles. The Labute approximate surface area is 235 Å². The number of phenolic OH excluding ortho intramolecular Hbond substituents is 1. The van der Waals surface area contributed by atoms with E-state index in [1.54, 1.807) is 0 Å². The SMILES string of the molecule is CCCCCOc1ccc(C2c3c(-c4cc(C)cc(C)c4O)n[nH]c3C(=O)N2Cc2ccccc2)cc1OCC.